The van der Waals surface area contributed by atoms with E-state index >= 15 is 0 Å². The number of aryl methyl sites for hydroxylation is 1. The number of halogens is 1. The van der Waals surface area contributed by atoms with Crippen LogP contribution in [0.1, 0.15) is 21.5 Å². The molecule has 0 aliphatic heterocycles. The molecule has 0 unspecified atom stereocenters. The maximum absolute atomic E-state index is 11.9. The van der Waals surface area contributed by atoms with E-state index in [2.05, 4.69) is 57.5 Å². The molecule has 110 valence electrons. The van der Waals surface area contributed by atoms with E-state index in [1.165, 1.54) is 9.13 Å². The Bertz CT molecular complexity index is 579. The van der Waals surface area contributed by atoms with Crippen LogP contribution < -0.4 is 10.6 Å². The summed E-state index contributed by atoms with van der Waals surface area (Å²) in [6, 6.07) is 16.0. The number of hydrogen-bond acceptors (Lipinski definition) is 2. The predicted molar refractivity (Wildman–Crippen MR) is 94.4 cm³/mol. The summed E-state index contributed by atoms with van der Waals surface area (Å²) >= 11 is 2.29. The molecule has 2 aromatic carbocycles. The Balaban J connectivity index is 1.66. The summed E-state index contributed by atoms with van der Waals surface area (Å²) in [4.78, 5) is 11.9. The molecule has 0 radical (unpaired) electrons. The first kappa shape index (κ1) is 16.0. The van der Waals surface area contributed by atoms with Gasteiger partial charge in [0.2, 0.25) is 0 Å². The Morgan fingerprint density at radius 2 is 1.67 bits per heavy atom. The van der Waals surface area contributed by atoms with Crippen molar-refractivity contribution in [1.29, 1.82) is 0 Å². The molecule has 2 aromatic rings. The number of amides is 1. The van der Waals surface area contributed by atoms with Gasteiger partial charge in [-0.1, -0.05) is 29.8 Å². The van der Waals surface area contributed by atoms with Crippen LogP contribution in [0.25, 0.3) is 0 Å². The molecule has 3 nitrogen and oxygen atoms in total. The van der Waals surface area contributed by atoms with Crippen molar-refractivity contribution < 1.29 is 4.79 Å². The smallest absolute Gasteiger partial charge is 0.251 e. The highest BCUT2D eigenvalue weighted by Crippen LogP contribution is 2.06. The number of nitrogens with one attached hydrogen (secondary N) is 2. The number of carbonyl (C=O) groups is 1. The van der Waals surface area contributed by atoms with Gasteiger partial charge in [-0.05, 0) is 59.3 Å². The summed E-state index contributed by atoms with van der Waals surface area (Å²) in [6.07, 6.45) is 0. The zero-order valence-corrected chi connectivity index (χ0v) is 14.2. The number of benzene rings is 2. The highest BCUT2D eigenvalue weighted by Gasteiger charge is 2.03. The third kappa shape index (κ3) is 5.47. The van der Waals surface area contributed by atoms with Crippen molar-refractivity contribution in [3.05, 3.63) is 68.8 Å². The van der Waals surface area contributed by atoms with Crippen molar-refractivity contribution in [2.45, 2.75) is 13.5 Å². The molecule has 2 rings (SSSR count). The van der Waals surface area contributed by atoms with Gasteiger partial charge in [-0.15, -0.1) is 0 Å². The Kier molecular flexibility index (Phi) is 6.20. The van der Waals surface area contributed by atoms with Gasteiger partial charge in [-0.2, -0.15) is 0 Å². The van der Waals surface area contributed by atoms with Crippen LogP contribution in [0, 0.1) is 10.5 Å². The molecule has 0 spiro atoms. The Labute approximate surface area is 139 Å². The lowest BCUT2D eigenvalue weighted by molar-refractivity contribution is 0.0954. The first-order valence-corrected chi connectivity index (χ1v) is 8.03. The Hall–Kier alpha value is -1.40. The van der Waals surface area contributed by atoms with Crippen molar-refractivity contribution in [1.82, 2.24) is 10.6 Å². The quantitative estimate of drug-likeness (QED) is 0.584. The zero-order valence-electron chi connectivity index (χ0n) is 12.0. The third-order valence-corrected chi connectivity index (χ3v) is 3.86. The second-order valence-corrected chi connectivity index (χ2v) is 6.17. The first-order valence-electron chi connectivity index (χ1n) is 6.95. The van der Waals surface area contributed by atoms with Gasteiger partial charge in [0.15, 0.2) is 0 Å². The lowest BCUT2D eigenvalue weighted by Crippen LogP contribution is -2.31. The Morgan fingerprint density at radius 3 is 2.33 bits per heavy atom. The fourth-order valence-electron chi connectivity index (χ4n) is 1.91. The van der Waals surface area contributed by atoms with E-state index < -0.39 is 0 Å². The van der Waals surface area contributed by atoms with Crippen LogP contribution in [0.3, 0.4) is 0 Å². The van der Waals surface area contributed by atoms with E-state index in [1.54, 1.807) is 0 Å². The summed E-state index contributed by atoms with van der Waals surface area (Å²) in [5.41, 5.74) is 3.12. The fraction of sp³-hybridized carbons (Fsp3) is 0.235. The number of carbonyl (C=O) groups excluding carboxylic acids is 1. The summed E-state index contributed by atoms with van der Waals surface area (Å²) in [6.45, 7) is 4.20. The third-order valence-electron chi connectivity index (χ3n) is 3.14. The molecule has 0 aromatic heterocycles. The molecular formula is C17H19IN2O. The van der Waals surface area contributed by atoms with Crippen LogP contribution in [-0.2, 0) is 6.54 Å². The minimum absolute atomic E-state index is 0.0222. The number of rotatable bonds is 6. The van der Waals surface area contributed by atoms with Crippen LogP contribution in [0.4, 0.5) is 0 Å². The maximum atomic E-state index is 11.9. The van der Waals surface area contributed by atoms with Crippen molar-refractivity contribution in [3.8, 4) is 0 Å². The van der Waals surface area contributed by atoms with Crippen LogP contribution in [-0.4, -0.2) is 19.0 Å². The molecule has 0 saturated heterocycles. The van der Waals surface area contributed by atoms with Gasteiger partial charge in [0.1, 0.15) is 0 Å². The van der Waals surface area contributed by atoms with Crippen molar-refractivity contribution in [2.75, 3.05) is 13.1 Å². The molecule has 21 heavy (non-hydrogen) atoms. The van der Waals surface area contributed by atoms with Crippen molar-refractivity contribution >= 4 is 28.5 Å². The molecule has 0 atom stereocenters. The average Bonchev–Trinajstić information content (AvgIpc) is 2.49. The van der Waals surface area contributed by atoms with Gasteiger partial charge >= 0.3 is 0 Å². The zero-order chi connectivity index (χ0) is 15.1. The predicted octanol–water partition coefficient (Wildman–Crippen LogP) is 3.12. The minimum atomic E-state index is -0.0222. The van der Waals surface area contributed by atoms with E-state index in [4.69, 9.17) is 0 Å². The monoisotopic (exact) mass is 394 g/mol. The van der Waals surface area contributed by atoms with Gasteiger partial charge in [-0.3, -0.25) is 4.79 Å². The first-order chi connectivity index (χ1) is 10.1. The molecule has 2 N–H and O–H groups in total. The van der Waals surface area contributed by atoms with E-state index in [1.807, 2.05) is 31.2 Å². The van der Waals surface area contributed by atoms with E-state index in [9.17, 15) is 4.79 Å². The summed E-state index contributed by atoms with van der Waals surface area (Å²) < 4.78 is 1.24. The van der Waals surface area contributed by atoms with Gasteiger partial charge in [0.25, 0.3) is 5.91 Å². The summed E-state index contributed by atoms with van der Waals surface area (Å²) in [5.74, 6) is -0.0222. The average molecular weight is 394 g/mol. The molecule has 0 aliphatic rings. The lowest BCUT2D eigenvalue weighted by atomic mass is 10.1. The topological polar surface area (TPSA) is 41.1 Å². The standard InChI is InChI=1S/C17H19IN2O/c1-13-2-6-15(7-3-13)17(21)20-11-10-19-12-14-4-8-16(18)9-5-14/h2-9,19H,10-12H2,1H3,(H,20,21). The summed E-state index contributed by atoms with van der Waals surface area (Å²) in [5, 5.41) is 6.23. The van der Waals surface area contributed by atoms with Crippen LogP contribution in [0.5, 0.6) is 0 Å². The minimum Gasteiger partial charge on any atom is -0.351 e. The van der Waals surface area contributed by atoms with Crippen molar-refractivity contribution in [2.24, 2.45) is 0 Å². The fourth-order valence-corrected chi connectivity index (χ4v) is 2.27. The number of hydrogen-bond donors (Lipinski definition) is 2. The SMILES string of the molecule is Cc1ccc(C(=O)NCCNCc2ccc(I)cc2)cc1. The largest absolute Gasteiger partial charge is 0.351 e. The molecule has 0 bridgehead atoms. The van der Waals surface area contributed by atoms with Gasteiger partial charge in [0.05, 0.1) is 0 Å². The van der Waals surface area contributed by atoms with Gasteiger partial charge < -0.3 is 10.6 Å². The highest BCUT2D eigenvalue weighted by molar-refractivity contribution is 14.1. The van der Waals surface area contributed by atoms with Crippen LogP contribution in [0.2, 0.25) is 0 Å². The molecule has 0 fully saturated rings. The molecule has 0 saturated carbocycles. The lowest BCUT2D eigenvalue weighted by Gasteiger charge is -2.07. The molecule has 0 heterocycles. The van der Waals surface area contributed by atoms with E-state index in [0.717, 1.165) is 18.7 Å². The maximum Gasteiger partial charge on any atom is 0.251 e. The van der Waals surface area contributed by atoms with Gasteiger partial charge in [0, 0.05) is 28.8 Å². The molecular weight excluding hydrogens is 375 g/mol. The van der Waals surface area contributed by atoms with Crippen LogP contribution >= 0.6 is 22.6 Å². The second-order valence-electron chi connectivity index (χ2n) is 4.93. The van der Waals surface area contributed by atoms with Gasteiger partial charge in [-0.25, -0.2) is 0 Å². The highest BCUT2D eigenvalue weighted by atomic mass is 127. The van der Waals surface area contributed by atoms with E-state index in [0.29, 0.717) is 12.1 Å². The van der Waals surface area contributed by atoms with Crippen molar-refractivity contribution in [3.63, 3.8) is 0 Å². The van der Waals surface area contributed by atoms with Crippen LogP contribution in [0.15, 0.2) is 48.5 Å². The normalized spacial score (nSPS) is 10.4. The molecule has 1 amide bonds. The second kappa shape index (κ2) is 8.14. The molecule has 0 aliphatic carbocycles. The van der Waals surface area contributed by atoms with E-state index in [-0.39, 0.29) is 5.91 Å². The summed E-state index contributed by atoms with van der Waals surface area (Å²) in [7, 11) is 0. The molecule has 4 heteroatoms. The Morgan fingerprint density at radius 1 is 1.00 bits per heavy atom.